The third-order valence-corrected chi connectivity index (χ3v) is 5.19. The third kappa shape index (κ3) is 4.62. The van der Waals surface area contributed by atoms with Gasteiger partial charge in [0.1, 0.15) is 6.61 Å². The van der Waals surface area contributed by atoms with Crippen LogP contribution in [0.5, 0.6) is 11.5 Å². The zero-order chi connectivity index (χ0) is 21.8. The Bertz CT molecular complexity index is 1200. The van der Waals surface area contributed by atoms with Crippen molar-refractivity contribution in [1.29, 1.82) is 0 Å². The predicted molar refractivity (Wildman–Crippen MR) is 121 cm³/mol. The zero-order valence-corrected chi connectivity index (χ0v) is 17.8. The molecule has 0 atom stereocenters. The minimum Gasteiger partial charge on any atom is -0.493 e. The fourth-order valence-corrected chi connectivity index (χ4v) is 3.35. The predicted octanol–water partition coefficient (Wildman–Crippen LogP) is 5.58. The van der Waals surface area contributed by atoms with Crippen molar-refractivity contribution in [1.82, 2.24) is 0 Å². The van der Waals surface area contributed by atoms with E-state index in [1.165, 1.54) is 0 Å². The first kappa shape index (κ1) is 20.7. The largest absolute Gasteiger partial charge is 0.493 e. The van der Waals surface area contributed by atoms with Gasteiger partial charge in [-0.2, -0.15) is 0 Å². The summed E-state index contributed by atoms with van der Waals surface area (Å²) in [5, 5.41) is 0.465. The van der Waals surface area contributed by atoms with Crippen molar-refractivity contribution in [3.05, 3.63) is 99.7 Å². The van der Waals surface area contributed by atoms with Gasteiger partial charge in [0.2, 0.25) is 5.90 Å². The van der Waals surface area contributed by atoms with Crippen LogP contribution in [0, 0.1) is 6.92 Å². The van der Waals surface area contributed by atoms with Crippen LogP contribution in [-0.2, 0) is 16.1 Å². The summed E-state index contributed by atoms with van der Waals surface area (Å²) in [5.41, 5.74) is 3.75. The van der Waals surface area contributed by atoms with Gasteiger partial charge in [-0.3, -0.25) is 0 Å². The Morgan fingerprint density at radius 3 is 2.58 bits per heavy atom. The van der Waals surface area contributed by atoms with Crippen LogP contribution in [-0.4, -0.2) is 19.0 Å². The van der Waals surface area contributed by atoms with Crippen molar-refractivity contribution in [2.75, 3.05) is 7.11 Å². The van der Waals surface area contributed by atoms with Gasteiger partial charge in [-0.25, -0.2) is 9.79 Å². The number of rotatable bonds is 6. The monoisotopic (exact) mass is 433 g/mol. The second-order valence-corrected chi connectivity index (χ2v) is 7.35. The number of methoxy groups -OCH3 is 1. The molecule has 0 saturated heterocycles. The summed E-state index contributed by atoms with van der Waals surface area (Å²) in [6.07, 6.45) is 1.64. The third-order valence-electron chi connectivity index (χ3n) is 4.86. The van der Waals surface area contributed by atoms with Crippen LogP contribution in [0.4, 0.5) is 0 Å². The molecule has 0 bridgehead atoms. The summed E-state index contributed by atoms with van der Waals surface area (Å²) in [5.74, 6) is 0.826. The maximum Gasteiger partial charge on any atom is 0.363 e. The highest BCUT2D eigenvalue weighted by atomic mass is 35.5. The summed E-state index contributed by atoms with van der Waals surface area (Å²) >= 11 is 6.18. The highest BCUT2D eigenvalue weighted by Gasteiger charge is 2.25. The van der Waals surface area contributed by atoms with Crippen LogP contribution >= 0.6 is 11.6 Å². The van der Waals surface area contributed by atoms with Crippen LogP contribution < -0.4 is 9.47 Å². The Morgan fingerprint density at radius 1 is 1.03 bits per heavy atom. The average Bonchev–Trinajstić information content (AvgIpc) is 3.13. The first-order valence-corrected chi connectivity index (χ1v) is 10.1. The van der Waals surface area contributed by atoms with E-state index in [4.69, 9.17) is 25.8 Å². The Balaban J connectivity index is 1.56. The number of halogens is 1. The maximum atomic E-state index is 12.3. The molecule has 1 aliphatic rings. The first-order chi connectivity index (χ1) is 15.0. The quantitative estimate of drug-likeness (QED) is 0.376. The van der Waals surface area contributed by atoms with E-state index in [1.807, 2.05) is 43.3 Å². The summed E-state index contributed by atoms with van der Waals surface area (Å²) in [7, 11) is 1.57. The van der Waals surface area contributed by atoms with Crippen LogP contribution in [0.15, 0.2) is 77.4 Å². The van der Waals surface area contributed by atoms with Gasteiger partial charge in [0.25, 0.3) is 0 Å². The number of benzene rings is 3. The fraction of sp³-hybridized carbons (Fsp3) is 0.120. The van der Waals surface area contributed by atoms with E-state index >= 15 is 0 Å². The van der Waals surface area contributed by atoms with Gasteiger partial charge in [-0.15, -0.1) is 0 Å². The Labute approximate surface area is 185 Å². The molecule has 156 valence electrons. The molecular weight excluding hydrogens is 414 g/mol. The van der Waals surface area contributed by atoms with Crippen LogP contribution in [0.2, 0.25) is 5.02 Å². The van der Waals surface area contributed by atoms with Crippen molar-refractivity contribution in [2.24, 2.45) is 4.99 Å². The fourth-order valence-electron chi connectivity index (χ4n) is 3.14. The van der Waals surface area contributed by atoms with Crippen molar-refractivity contribution in [2.45, 2.75) is 13.5 Å². The molecule has 4 rings (SSSR count). The topological polar surface area (TPSA) is 57.1 Å². The van der Waals surface area contributed by atoms with Crippen LogP contribution in [0.25, 0.3) is 6.08 Å². The molecule has 1 aliphatic heterocycles. The smallest absolute Gasteiger partial charge is 0.363 e. The SMILES string of the molecule is COc1cc(/C=C2\N=C(c3ccccc3Cl)OC2=O)ccc1OCc1ccccc1C. The molecule has 3 aromatic carbocycles. The Hall–Kier alpha value is -3.57. The number of hydrogen-bond acceptors (Lipinski definition) is 5. The van der Waals surface area contributed by atoms with Crippen molar-refractivity contribution < 1.29 is 19.0 Å². The minimum atomic E-state index is -0.534. The molecule has 0 radical (unpaired) electrons. The Morgan fingerprint density at radius 2 is 1.81 bits per heavy atom. The summed E-state index contributed by atoms with van der Waals surface area (Å²) in [6.45, 7) is 2.48. The number of hydrogen-bond donors (Lipinski definition) is 0. The van der Waals surface area contributed by atoms with Crippen molar-refractivity contribution >= 4 is 29.5 Å². The summed E-state index contributed by atoms with van der Waals surface area (Å²) in [4.78, 5) is 16.6. The van der Waals surface area contributed by atoms with E-state index < -0.39 is 5.97 Å². The molecule has 5 nitrogen and oxygen atoms in total. The normalized spacial score (nSPS) is 14.4. The second-order valence-electron chi connectivity index (χ2n) is 6.94. The molecule has 1 heterocycles. The van der Waals surface area contributed by atoms with Gasteiger partial charge >= 0.3 is 5.97 Å². The summed E-state index contributed by atoms with van der Waals surface area (Å²) < 4.78 is 16.7. The van der Waals surface area contributed by atoms with Crippen molar-refractivity contribution in [3.8, 4) is 11.5 Å². The van der Waals surface area contributed by atoms with Gasteiger partial charge in [-0.1, -0.05) is 54.1 Å². The van der Waals surface area contributed by atoms with Crippen LogP contribution in [0.3, 0.4) is 0 Å². The van der Waals surface area contributed by atoms with Crippen LogP contribution in [0.1, 0.15) is 22.3 Å². The molecule has 6 heteroatoms. The molecule has 0 N–H and O–H groups in total. The van der Waals surface area contributed by atoms with Gasteiger partial charge < -0.3 is 14.2 Å². The summed E-state index contributed by atoms with van der Waals surface area (Å²) in [6, 6.07) is 20.6. The van der Waals surface area contributed by atoms with Gasteiger partial charge in [-0.05, 0) is 54.0 Å². The number of nitrogens with zero attached hydrogens (tertiary/aromatic N) is 1. The van der Waals surface area contributed by atoms with Gasteiger partial charge in [0, 0.05) is 0 Å². The van der Waals surface area contributed by atoms with Gasteiger partial charge in [0.15, 0.2) is 17.2 Å². The number of cyclic esters (lactones) is 1. The molecule has 0 spiro atoms. The molecular formula is C25H20ClNO4. The number of ether oxygens (including phenoxy) is 3. The molecule has 0 unspecified atom stereocenters. The van der Waals surface area contributed by atoms with E-state index in [0.29, 0.717) is 28.7 Å². The maximum absolute atomic E-state index is 12.3. The van der Waals surface area contributed by atoms with E-state index in [9.17, 15) is 4.79 Å². The van der Waals surface area contributed by atoms with Gasteiger partial charge in [0.05, 0.1) is 17.7 Å². The number of aryl methyl sites for hydroxylation is 1. The molecule has 0 aliphatic carbocycles. The molecule has 0 fully saturated rings. The van der Waals surface area contributed by atoms with Crippen molar-refractivity contribution in [3.63, 3.8) is 0 Å². The standard InChI is InChI=1S/C25H20ClNO4/c1-16-7-3-4-8-18(16)15-30-22-12-11-17(14-23(22)29-2)13-21-25(28)31-24(27-21)19-9-5-6-10-20(19)26/h3-14H,15H2,1-2H3/b21-13-. The van der Waals surface area contributed by atoms with E-state index in [0.717, 1.165) is 16.7 Å². The van der Waals surface area contributed by atoms with E-state index in [-0.39, 0.29) is 11.6 Å². The Kier molecular flexibility index (Phi) is 6.05. The highest BCUT2D eigenvalue weighted by molar-refractivity contribution is 6.34. The molecule has 31 heavy (non-hydrogen) atoms. The number of aliphatic imine (C=N–C) groups is 1. The lowest BCUT2D eigenvalue weighted by molar-refractivity contribution is -0.129. The highest BCUT2D eigenvalue weighted by Crippen LogP contribution is 2.31. The number of esters is 1. The minimum absolute atomic E-state index is 0.186. The number of carbonyl (C=O) groups excluding carboxylic acids is 1. The molecule has 0 saturated carbocycles. The molecule has 3 aromatic rings. The van der Waals surface area contributed by atoms with E-state index in [2.05, 4.69) is 4.99 Å². The zero-order valence-electron chi connectivity index (χ0n) is 17.1. The second kappa shape index (κ2) is 9.06. The average molecular weight is 434 g/mol. The first-order valence-electron chi connectivity index (χ1n) is 9.68. The molecule has 0 amide bonds. The lowest BCUT2D eigenvalue weighted by Crippen LogP contribution is -2.05. The number of carbonyl (C=O) groups is 1. The molecule has 0 aromatic heterocycles. The lowest BCUT2D eigenvalue weighted by atomic mass is 10.1. The van der Waals surface area contributed by atoms with E-state index in [1.54, 1.807) is 43.5 Å². The lowest BCUT2D eigenvalue weighted by Gasteiger charge is -2.12.